The molecule has 2 heterocycles. The molecule has 110 valence electrons. The molecule has 0 bridgehead atoms. The van der Waals surface area contributed by atoms with E-state index in [9.17, 15) is 4.79 Å². The molecule has 0 atom stereocenters. The number of aldehydes is 1. The molecule has 3 heteroatoms. The summed E-state index contributed by atoms with van der Waals surface area (Å²) < 4.78 is 2.29. The molecule has 4 rings (SSSR count). The molecule has 0 radical (unpaired) electrons. The first kappa shape index (κ1) is 13.1. The summed E-state index contributed by atoms with van der Waals surface area (Å²) in [7, 11) is 0. The standard InChI is InChI=1S/C18H22N2O/c21-12-16-10-15-2-1-3-17(14-6-8-19-9-7-14)18(15)20(16)11-13-4-5-13/h1-3,10,12-14,19H,4-9,11H2. The van der Waals surface area contributed by atoms with Crippen LogP contribution < -0.4 is 5.32 Å². The summed E-state index contributed by atoms with van der Waals surface area (Å²) in [4.78, 5) is 11.5. The fourth-order valence-corrected chi connectivity index (χ4v) is 3.69. The van der Waals surface area contributed by atoms with Gasteiger partial charge in [-0.2, -0.15) is 0 Å². The molecular formula is C18H22N2O. The second-order valence-electron chi connectivity index (χ2n) is 6.55. The zero-order valence-electron chi connectivity index (χ0n) is 12.3. The van der Waals surface area contributed by atoms with Gasteiger partial charge in [-0.3, -0.25) is 4.79 Å². The lowest BCUT2D eigenvalue weighted by Crippen LogP contribution is -2.27. The second-order valence-corrected chi connectivity index (χ2v) is 6.55. The quantitative estimate of drug-likeness (QED) is 0.873. The topological polar surface area (TPSA) is 34.0 Å². The molecule has 1 aliphatic heterocycles. The predicted molar refractivity (Wildman–Crippen MR) is 84.9 cm³/mol. The van der Waals surface area contributed by atoms with Gasteiger partial charge in [0.2, 0.25) is 0 Å². The molecule has 0 unspecified atom stereocenters. The van der Waals surface area contributed by atoms with E-state index in [0.717, 1.165) is 37.5 Å². The van der Waals surface area contributed by atoms with Crippen LogP contribution in [0.3, 0.4) is 0 Å². The van der Waals surface area contributed by atoms with Crippen LogP contribution in [0.2, 0.25) is 0 Å². The maximum absolute atomic E-state index is 11.5. The van der Waals surface area contributed by atoms with Crippen LogP contribution in [0.25, 0.3) is 10.9 Å². The zero-order chi connectivity index (χ0) is 14.2. The highest BCUT2D eigenvalue weighted by atomic mass is 16.1. The SMILES string of the molecule is O=Cc1cc2cccc(C3CCNCC3)c2n1CC1CC1. The number of rotatable bonds is 4. The van der Waals surface area contributed by atoms with Crippen molar-refractivity contribution < 1.29 is 4.79 Å². The number of carbonyl (C=O) groups is 1. The number of fused-ring (bicyclic) bond motifs is 1. The van der Waals surface area contributed by atoms with Crippen LogP contribution in [0.4, 0.5) is 0 Å². The Morgan fingerprint density at radius 1 is 1.19 bits per heavy atom. The predicted octanol–water partition coefficient (Wildman–Crippen LogP) is 3.33. The lowest BCUT2D eigenvalue weighted by atomic mass is 9.89. The normalized spacial score (nSPS) is 20.0. The molecule has 2 aromatic rings. The minimum absolute atomic E-state index is 0.627. The number of para-hydroxylation sites is 1. The van der Waals surface area contributed by atoms with Gasteiger partial charge in [0.1, 0.15) is 0 Å². The Labute approximate surface area is 125 Å². The number of carbonyl (C=O) groups excluding carboxylic acids is 1. The van der Waals surface area contributed by atoms with Crippen molar-refractivity contribution in [2.45, 2.75) is 38.1 Å². The number of benzene rings is 1. The van der Waals surface area contributed by atoms with E-state index in [1.54, 1.807) is 0 Å². The Balaban J connectivity index is 1.84. The van der Waals surface area contributed by atoms with Crippen LogP contribution in [-0.4, -0.2) is 23.9 Å². The van der Waals surface area contributed by atoms with E-state index in [-0.39, 0.29) is 0 Å². The Morgan fingerprint density at radius 3 is 2.71 bits per heavy atom. The molecule has 1 saturated carbocycles. The summed E-state index contributed by atoms with van der Waals surface area (Å²) in [6.45, 7) is 3.22. The highest BCUT2D eigenvalue weighted by Gasteiger charge is 2.26. The van der Waals surface area contributed by atoms with Gasteiger partial charge in [0.05, 0.1) is 11.2 Å². The van der Waals surface area contributed by atoms with Crippen molar-refractivity contribution >= 4 is 17.2 Å². The van der Waals surface area contributed by atoms with Gasteiger partial charge in [-0.15, -0.1) is 0 Å². The van der Waals surface area contributed by atoms with Gasteiger partial charge < -0.3 is 9.88 Å². The van der Waals surface area contributed by atoms with Crippen molar-refractivity contribution in [2.75, 3.05) is 13.1 Å². The first-order valence-electron chi connectivity index (χ1n) is 8.15. The van der Waals surface area contributed by atoms with Crippen LogP contribution in [0.5, 0.6) is 0 Å². The van der Waals surface area contributed by atoms with E-state index < -0.39 is 0 Å². The maximum Gasteiger partial charge on any atom is 0.166 e. The van der Waals surface area contributed by atoms with E-state index in [0.29, 0.717) is 5.92 Å². The van der Waals surface area contributed by atoms with E-state index in [1.165, 1.54) is 42.1 Å². The number of hydrogen-bond donors (Lipinski definition) is 1. The van der Waals surface area contributed by atoms with Gasteiger partial charge in [-0.25, -0.2) is 0 Å². The largest absolute Gasteiger partial charge is 0.338 e. The van der Waals surface area contributed by atoms with Gasteiger partial charge in [0, 0.05) is 11.9 Å². The molecule has 1 saturated heterocycles. The summed E-state index contributed by atoms with van der Waals surface area (Å²) >= 11 is 0. The van der Waals surface area contributed by atoms with Crippen molar-refractivity contribution in [3.05, 3.63) is 35.5 Å². The third kappa shape index (κ3) is 2.40. The molecule has 0 spiro atoms. The van der Waals surface area contributed by atoms with Crippen LogP contribution in [0, 0.1) is 5.92 Å². The van der Waals surface area contributed by atoms with Crippen LogP contribution >= 0.6 is 0 Å². The lowest BCUT2D eigenvalue weighted by molar-refractivity contribution is 0.111. The molecule has 21 heavy (non-hydrogen) atoms. The van der Waals surface area contributed by atoms with Gasteiger partial charge in [-0.05, 0) is 62.2 Å². The Morgan fingerprint density at radius 2 is 2.00 bits per heavy atom. The Bertz CT molecular complexity index is 663. The molecule has 1 aromatic heterocycles. The summed E-state index contributed by atoms with van der Waals surface area (Å²) in [5, 5.41) is 4.67. The molecule has 0 amide bonds. The van der Waals surface area contributed by atoms with Crippen molar-refractivity contribution in [3.8, 4) is 0 Å². The maximum atomic E-state index is 11.5. The molecule has 1 aromatic carbocycles. The second kappa shape index (κ2) is 5.30. The number of aromatic nitrogens is 1. The minimum Gasteiger partial charge on any atom is -0.338 e. The van der Waals surface area contributed by atoms with E-state index in [2.05, 4.69) is 34.1 Å². The summed E-state index contributed by atoms with van der Waals surface area (Å²) in [6, 6.07) is 8.64. The van der Waals surface area contributed by atoms with Crippen LogP contribution in [0.1, 0.15) is 47.7 Å². The highest BCUT2D eigenvalue weighted by Crippen LogP contribution is 2.36. The first-order valence-corrected chi connectivity index (χ1v) is 8.15. The summed E-state index contributed by atoms with van der Waals surface area (Å²) in [5.74, 6) is 1.41. The van der Waals surface area contributed by atoms with Crippen molar-refractivity contribution in [3.63, 3.8) is 0 Å². The third-order valence-corrected chi connectivity index (χ3v) is 5.02. The van der Waals surface area contributed by atoms with Crippen molar-refractivity contribution in [1.82, 2.24) is 9.88 Å². The van der Waals surface area contributed by atoms with E-state index >= 15 is 0 Å². The molecule has 1 N–H and O–H groups in total. The Kier molecular flexibility index (Phi) is 3.30. The average molecular weight is 282 g/mol. The number of nitrogens with one attached hydrogen (secondary N) is 1. The summed E-state index contributed by atoms with van der Waals surface area (Å²) in [5.41, 5.74) is 3.61. The number of hydrogen-bond acceptors (Lipinski definition) is 2. The van der Waals surface area contributed by atoms with Crippen LogP contribution in [-0.2, 0) is 6.54 Å². The molecule has 2 fully saturated rings. The fourth-order valence-electron chi connectivity index (χ4n) is 3.69. The minimum atomic E-state index is 0.627. The fraction of sp³-hybridized carbons (Fsp3) is 0.500. The number of piperidine rings is 1. The van der Waals surface area contributed by atoms with Crippen LogP contribution in [0.15, 0.2) is 24.3 Å². The monoisotopic (exact) mass is 282 g/mol. The lowest BCUT2D eigenvalue weighted by Gasteiger charge is -2.24. The molecule has 3 nitrogen and oxygen atoms in total. The van der Waals surface area contributed by atoms with Crippen molar-refractivity contribution in [1.29, 1.82) is 0 Å². The van der Waals surface area contributed by atoms with Gasteiger partial charge >= 0.3 is 0 Å². The molecule has 1 aliphatic carbocycles. The highest BCUT2D eigenvalue weighted by molar-refractivity contribution is 5.91. The van der Waals surface area contributed by atoms with Gasteiger partial charge in [-0.1, -0.05) is 18.2 Å². The van der Waals surface area contributed by atoms with Crippen molar-refractivity contribution in [2.24, 2.45) is 5.92 Å². The molecule has 2 aliphatic rings. The Hall–Kier alpha value is -1.61. The zero-order valence-corrected chi connectivity index (χ0v) is 12.3. The summed E-state index contributed by atoms with van der Waals surface area (Å²) in [6.07, 6.45) is 6.05. The third-order valence-electron chi connectivity index (χ3n) is 5.02. The smallest absolute Gasteiger partial charge is 0.166 e. The number of nitrogens with zero attached hydrogens (tertiary/aromatic N) is 1. The first-order chi connectivity index (χ1) is 10.4. The average Bonchev–Trinajstić information content (AvgIpc) is 3.28. The van der Waals surface area contributed by atoms with Gasteiger partial charge in [0.25, 0.3) is 0 Å². The van der Waals surface area contributed by atoms with Gasteiger partial charge in [0.15, 0.2) is 6.29 Å². The molecular weight excluding hydrogens is 260 g/mol. The van der Waals surface area contributed by atoms with E-state index in [1.807, 2.05) is 0 Å². The van der Waals surface area contributed by atoms with E-state index in [4.69, 9.17) is 0 Å².